The van der Waals surface area contributed by atoms with Crippen LogP contribution in [0.15, 0.2) is 24.3 Å². The summed E-state index contributed by atoms with van der Waals surface area (Å²) < 4.78 is 16.2. The van der Waals surface area contributed by atoms with E-state index in [1.807, 2.05) is 18.2 Å². The molecule has 1 aromatic rings. The highest BCUT2D eigenvalue weighted by Gasteiger charge is 2.53. The molecule has 166 valence electrons. The normalized spacial score (nSPS) is 31.5. The Labute approximate surface area is 183 Å². The number of fused-ring (bicyclic) bond motifs is 1. The molecule has 0 saturated heterocycles. The Kier molecular flexibility index (Phi) is 5.40. The van der Waals surface area contributed by atoms with Gasteiger partial charge in [-0.1, -0.05) is 6.07 Å². The van der Waals surface area contributed by atoms with Crippen LogP contribution in [0.2, 0.25) is 0 Å². The van der Waals surface area contributed by atoms with Crippen LogP contribution in [0.25, 0.3) is 6.08 Å². The summed E-state index contributed by atoms with van der Waals surface area (Å²) in [6.07, 6.45) is 10.8. The van der Waals surface area contributed by atoms with Crippen molar-refractivity contribution in [2.45, 2.75) is 51.5 Å². The molecule has 1 atom stereocenters. The van der Waals surface area contributed by atoms with Gasteiger partial charge in [0.25, 0.3) is 5.91 Å². The molecule has 6 rings (SSSR count). The maximum Gasteiger partial charge on any atom is 0.331 e. The van der Waals surface area contributed by atoms with Crippen molar-refractivity contribution in [2.24, 2.45) is 23.2 Å². The van der Waals surface area contributed by atoms with Crippen LogP contribution in [0.3, 0.4) is 0 Å². The van der Waals surface area contributed by atoms with Crippen LogP contribution in [0.1, 0.15) is 51.0 Å². The van der Waals surface area contributed by atoms with Crippen LogP contribution >= 0.6 is 0 Å². The van der Waals surface area contributed by atoms with Crippen molar-refractivity contribution in [1.82, 2.24) is 5.32 Å². The maximum atomic E-state index is 12.4. The van der Waals surface area contributed by atoms with Gasteiger partial charge < -0.3 is 19.5 Å². The van der Waals surface area contributed by atoms with Gasteiger partial charge in [-0.3, -0.25) is 4.79 Å². The van der Waals surface area contributed by atoms with Crippen LogP contribution < -0.4 is 14.8 Å². The van der Waals surface area contributed by atoms with E-state index in [1.165, 1.54) is 44.6 Å². The molecule has 0 spiro atoms. The number of carbonyl (C=O) groups is 2. The molecule has 1 aromatic carbocycles. The van der Waals surface area contributed by atoms with Crippen molar-refractivity contribution < 1.29 is 23.8 Å². The number of hydrogen-bond donors (Lipinski definition) is 1. The summed E-state index contributed by atoms with van der Waals surface area (Å²) in [6, 6.07) is 5.61. The third-order valence-electron chi connectivity index (χ3n) is 7.71. The molecule has 1 aliphatic heterocycles. The van der Waals surface area contributed by atoms with Crippen molar-refractivity contribution in [2.75, 3.05) is 19.8 Å². The van der Waals surface area contributed by atoms with E-state index in [1.54, 1.807) is 6.08 Å². The highest BCUT2D eigenvalue weighted by molar-refractivity contribution is 5.89. The first-order valence-corrected chi connectivity index (χ1v) is 11.5. The van der Waals surface area contributed by atoms with E-state index in [-0.39, 0.29) is 24.0 Å². The average molecular weight is 426 g/mol. The Balaban J connectivity index is 1.10. The minimum absolute atomic E-state index is 0.125. The van der Waals surface area contributed by atoms with E-state index in [0.29, 0.717) is 24.7 Å². The van der Waals surface area contributed by atoms with Crippen molar-refractivity contribution in [3.8, 4) is 11.5 Å². The summed E-state index contributed by atoms with van der Waals surface area (Å²) in [5.74, 6) is 3.14. The number of hydrogen-bond acceptors (Lipinski definition) is 5. The zero-order chi connectivity index (χ0) is 21.4. The number of rotatable bonds is 6. The van der Waals surface area contributed by atoms with Gasteiger partial charge in [-0.25, -0.2) is 4.79 Å². The molecule has 4 aliphatic carbocycles. The summed E-state index contributed by atoms with van der Waals surface area (Å²) >= 11 is 0. The van der Waals surface area contributed by atoms with E-state index in [0.717, 1.165) is 23.3 Å². The quantitative estimate of drug-likeness (QED) is 0.555. The number of esters is 1. The van der Waals surface area contributed by atoms with Crippen molar-refractivity contribution in [3.05, 3.63) is 29.8 Å². The van der Waals surface area contributed by atoms with Crippen LogP contribution in [-0.4, -0.2) is 37.7 Å². The van der Waals surface area contributed by atoms with E-state index in [2.05, 4.69) is 12.2 Å². The zero-order valence-electron chi connectivity index (χ0n) is 18.1. The third-order valence-corrected chi connectivity index (χ3v) is 7.71. The van der Waals surface area contributed by atoms with Crippen LogP contribution in [-0.2, 0) is 14.3 Å². The van der Waals surface area contributed by atoms with Crippen LogP contribution in [0.5, 0.6) is 11.5 Å². The first-order valence-electron chi connectivity index (χ1n) is 11.5. The molecule has 4 saturated carbocycles. The maximum absolute atomic E-state index is 12.4. The largest absolute Gasteiger partial charge is 0.486 e. The lowest BCUT2D eigenvalue weighted by molar-refractivity contribution is -0.145. The fourth-order valence-corrected chi connectivity index (χ4v) is 6.66. The Morgan fingerprint density at radius 1 is 1.10 bits per heavy atom. The van der Waals surface area contributed by atoms with Gasteiger partial charge >= 0.3 is 5.97 Å². The van der Waals surface area contributed by atoms with Gasteiger partial charge in [0.1, 0.15) is 13.2 Å². The SMILES string of the molecule is C[C@H](NC(=O)COC(=O)/C=C/c1ccc2c(c1)OCCO2)C12CC3CC(CC(C3)C1)C2. The van der Waals surface area contributed by atoms with Crippen molar-refractivity contribution in [3.63, 3.8) is 0 Å². The number of amides is 1. The fourth-order valence-electron chi connectivity index (χ4n) is 6.66. The molecule has 1 heterocycles. The number of nitrogens with one attached hydrogen (secondary N) is 1. The summed E-state index contributed by atoms with van der Waals surface area (Å²) in [5.41, 5.74) is 1.05. The first kappa shape index (κ1) is 20.4. The molecule has 6 nitrogen and oxygen atoms in total. The van der Waals surface area contributed by atoms with Gasteiger partial charge in [0.2, 0.25) is 0 Å². The average Bonchev–Trinajstić information content (AvgIpc) is 2.75. The second kappa shape index (κ2) is 8.21. The van der Waals surface area contributed by atoms with E-state index in [4.69, 9.17) is 14.2 Å². The topological polar surface area (TPSA) is 73.9 Å². The van der Waals surface area contributed by atoms with Crippen LogP contribution in [0.4, 0.5) is 0 Å². The predicted molar refractivity (Wildman–Crippen MR) is 116 cm³/mol. The zero-order valence-corrected chi connectivity index (χ0v) is 18.1. The molecule has 0 unspecified atom stereocenters. The lowest BCUT2D eigenvalue weighted by atomic mass is 9.48. The van der Waals surface area contributed by atoms with Crippen molar-refractivity contribution >= 4 is 18.0 Å². The minimum Gasteiger partial charge on any atom is -0.486 e. The Morgan fingerprint density at radius 2 is 1.74 bits per heavy atom. The van der Waals surface area contributed by atoms with Gasteiger partial charge in [0, 0.05) is 12.1 Å². The standard InChI is InChI=1S/C25H31NO5/c1-16(25-12-18-8-19(13-25)10-20(9-18)14-25)26-23(27)15-31-24(28)5-3-17-2-4-21-22(11-17)30-7-6-29-21/h2-5,11,16,18-20H,6-10,12-15H2,1H3,(H,26,27)/b5-3+/t16-,18?,19?,20?,25?/m0/s1. The summed E-state index contributed by atoms with van der Waals surface area (Å²) in [6.45, 7) is 2.94. The molecule has 0 aromatic heterocycles. The molecule has 6 heteroatoms. The molecule has 5 aliphatic rings. The molecule has 31 heavy (non-hydrogen) atoms. The van der Waals surface area contributed by atoms with Gasteiger partial charge in [-0.2, -0.15) is 0 Å². The highest BCUT2D eigenvalue weighted by Crippen LogP contribution is 2.61. The fraction of sp³-hybridized carbons (Fsp3) is 0.600. The molecule has 1 amide bonds. The van der Waals surface area contributed by atoms with E-state index in [9.17, 15) is 9.59 Å². The lowest BCUT2D eigenvalue weighted by Crippen LogP contribution is -2.56. The van der Waals surface area contributed by atoms with E-state index < -0.39 is 5.97 Å². The van der Waals surface area contributed by atoms with Gasteiger partial charge in [0.05, 0.1) is 0 Å². The second-order valence-electron chi connectivity index (χ2n) is 9.91. The minimum atomic E-state index is -0.535. The molecule has 1 N–H and O–H groups in total. The van der Waals surface area contributed by atoms with Crippen molar-refractivity contribution in [1.29, 1.82) is 0 Å². The smallest absolute Gasteiger partial charge is 0.331 e. The molecule has 4 bridgehead atoms. The summed E-state index contributed by atoms with van der Waals surface area (Å²) in [4.78, 5) is 24.5. The second-order valence-corrected chi connectivity index (χ2v) is 9.91. The van der Waals surface area contributed by atoms with E-state index >= 15 is 0 Å². The number of benzene rings is 1. The van der Waals surface area contributed by atoms with Gasteiger partial charge in [-0.15, -0.1) is 0 Å². The van der Waals surface area contributed by atoms with Crippen LogP contribution in [0, 0.1) is 23.2 Å². The van der Waals surface area contributed by atoms with Gasteiger partial charge in [-0.05, 0) is 92.4 Å². The number of ether oxygens (including phenoxy) is 3. The summed E-state index contributed by atoms with van der Waals surface area (Å²) in [7, 11) is 0. The number of carbonyl (C=O) groups excluding carboxylic acids is 2. The highest BCUT2D eigenvalue weighted by atomic mass is 16.6. The Bertz CT molecular complexity index is 857. The lowest BCUT2D eigenvalue weighted by Gasteiger charge is -2.59. The first-order chi connectivity index (χ1) is 15.0. The molecular weight excluding hydrogens is 394 g/mol. The molecule has 0 radical (unpaired) electrons. The van der Waals surface area contributed by atoms with Gasteiger partial charge in [0.15, 0.2) is 18.1 Å². The third kappa shape index (κ3) is 4.30. The molecular formula is C25H31NO5. The monoisotopic (exact) mass is 425 g/mol. The molecule has 4 fully saturated rings. The Morgan fingerprint density at radius 3 is 2.42 bits per heavy atom. The predicted octanol–water partition coefficient (Wildman–Crippen LogP) is 3.74. The summed E-state index contributed by atoms with van der Waals surface area (Å²) in [5, 5.41) is 3.13. The Hall–Kier alpha value is -2.50.